The van der Waals surface area contributed by atoms with Crippen molar-refractivity contribution in [3.63, 3.8) is 0 Å². The van der Waals surface area contributed by atoms with Crippen LogP contribution in [0.1, 0.15) is 60.6 Å². The highest BCUT2D eigenvalue weighted by molar-refractivity contribution is 8.23. The number of rotatable bonds is 2. The molecule has 162 valence electrons. The van der Waals surface area contributed by atoms with Gasteiger partial charge < -0.3 is 9.64 Å². The van der Waals surface area contributed by atoms with E-state index in [1.807, 2.05) is 22.9 Å². The number of nitrogens with zero attached hydrogens (tertiary/aromatic N) is 3. The Morgan fingerprint density at radius 1 is 1.07 bits per heavy atom. The second-order valence-corrected chi connectivity index (χ2v) is 10.5. The molecule has 1 aromatic heterocycles. The van der Waals surface area contributed by atoms with Crippen molar-refractivity contribution >= 4 is 16.5 Å². The first-order valence-electron chi connectivity index (χ1n) is 10.9. The van der Waals surface area contributed by atoms with Crippen LogP contribution in [0.5, 0.6) is 0 Å². The van der Waals surface area contributed by atoms with E-state index in [0.29, 0.717) is 42.5 Å². The van der Waals surface area contributed by atoms with Gasteiger partial charge in [0.25, 0.3) is 5.91 Å². The third-order valence-electron chi connectivity index (χ3n) is 6.52. The maximum atomic E-state index is 13.4. The molecule has 1 saturated heterocycles. The Morgan fingerprint density at radius 3 is 2.50 bits per heavy atom. The topological polar surface area (TPSA) is 87.8 Å². The summed E-state index contributed by atoms with van der Waals surface area (Å²) in [7, 11) is -3.02. The maximum Gasteiger partial charge on any atom is 0.274 e. The number of amides is 1. The van der Waals surface area contributed by atoms with Gasteiger partial charge in [0, 0.05) is 24.2 Å². The van der Waals surface area contributed by atoms with Crippen LogP contribution in [0, 0.1) is 0 Å². The fraction of sp³-hybridized carbons (Fsp3) is 0.545. The largest absolute Gasteiger partial charge is 0.378 e. The van der Waals surface area contributed by atoms with Gasteiger partial charge in [0.2, 0.25) is 0 Å². The number of carbonyl (C=O) groups is 1. The van der Waals surface area contributed by atoms with Crippen molar-refractivity contribution < 1.29 is 18.6 Å². The molecule has 3 heterocycles. The number of hydrogen-bond acceptors (Lipinski definition) is 5. The van der Waals surface area contributed by atoms with Crippen molar-refractivity contribution in [2.75, 3.05) is 26.3 Å². The first-order chi connectivity index (χ1) is 14.6. The standard InChI is InChI=1S/C22H29N3O4S/c26-22(24-11-13-29-14-12-24)20-18-15-30(27,28)19-10-6-5-9-17(19)21(18)25(23-20)16-7-3-1-2-4-8-16/h5-6,9-10,16,27-28H,1-4,7-8,11-15H2. The molecular formula is C22H29N3O4S. The zero-order valence-electron chi connectivity index (χ0n) is 17.1. The molecule has 0 unspecified atom stereocenters. The number of aromatic nitrogens is 2. The Kier molecular flexibility index (Phi) is 5.35. The van der Waals surface area contributed by atoms with Crippen LogP contribution >= 0.6 is 10.6 Å². The molecule has 7 nitrogen and oxygen atoms in total. The van der Waals surface area contributed by atoms with Crippen molar-refractivity contribution in [3.05, 3.63) is 35.5 Å². The average Bonchev–Trinajstić information content (AvgIpc) is 2.94. The molecular weight excluding hydrogens is 402 g/mol. The van der Waals surface area contributed by atoms with Gasteiger partial charge in [-0.05, 0) is 18.9 Å². The SMILES string of the molecule is O=C(c1nn(C2CCCCCC2)c2c1CS(O)(O)c1ccccc1-2)N1CCOCC1. The molecule has 1 saturated carbocycles. The van der Waals surface area contributed by atoms with Gasteiger partial charge in [0.05, 0.1) is 35.6 Å². The predicted molar refractivity (Wildman–Crippen MR) is 116 cm³/mol. The van der Waals surface area contributed by atoms with E-state index in [4.69, 9.17) is 9.84 Å². The van der Waals surface area contributed by atoms with Gasteiger partial charge in [0.1, 0.15) is 0 Å². The normalized spacial score (nSPS) is 22.7. The molecule has 1 aromatic carbocycles. The third-order valence-corrected chi connectivity index (χ3v) is 8.27. The highest BCUT2D eigenvalue weighted by atomic mass is 32.3. The summed E-state index contributed by atoms with van der Waals surface area (Å²) in [5, 5.41) is 4.87. The fourth-order valence-electron chi connectivity index (χ4n) is 4.97. The van der Waals surface area contributed by atoms with E-state index in [2.05, 4.69) is 0 Å². The van der Waals surface area contributed by atoms with Crippen molar-refractivity contribution in [3.8, 4) is 11.3 Å². The van der Waals surface area contributed by atoms with E-state index in [-0.39, 0.29) is 17.7 Å². The summed E-state index contributed by atoms with van der Waals surface area (Å²) in [6.07, 6.45) is 6.86. The molecule has 2 aliphatic heterocycles. The average molecular weight is 432 g/mol. The molecule has 3 aliphatic rings. The lowest BCUT2D eigenvalue weighted by Gasteiger charge is -2.38. The monoisotopic (exact) mass is 431 g/mol. The number of morpholine rings is 1. The quantitative estimate of drug-likeness (QED) is 0.682. The van der Waals surface area contributed by atoms with Gasteiger partial charge in [-0.25, -0.2) is 0 Å². The zero-order valence-corrected chi connectivity index (χ0v) is 17.9. The molecule has 0 spiro atoms. The lowest BCUT2D eigenvalue weighted by molar-refractivity contribution is 0.0297. The highest BCUT2D eigenvalue weighted by Crippen LogP contribution is 2.60. The zero-order chi connectivity index (χ0) is 20.7. The van der Waals surface area contributed by atoms with Gasteiger partial charge in [0.15, 0.2) is 5.69 Å². The molecule has 8 heteroatoms. The highest BCUT2D eigenvalue weighted by Gasteiger charge is 2.38. The summed E-state index contributed by atoms with van der Waals surface area (Å²) in [4.78, 5) is 15.7. The predicted octanol–water partition coefficient (Wildman–Crippen LogP) is 4.54. The van der Waals surface area contributed by atoms with Crippen LogP contribution in [0.15, 0.2) is 29.2 Å². The smallest absolute Gasteiger partial charge is 0.274 e. The lowest BCUT2D eigenvalue weighted by atomic mass is 10.0. The summed E-state index contributed by atoms with van der Waals surface area (Å²) < 4.78 is 29.3. The maximum absolute atomic E-state index is 13.4. The molecule has 2 aromatic rings. The Balaban J connectivity index is 1.66. The summed E-state index contributed by atoms with van der Waals surface area (Å²) in [5.41, 5.74) is 2.77. The van der Waals surface area contributed by atoms with Gasteiger partial charge in [-0.1, -0.05) is 43.9 Å². The number of hydrogen-bond donors (Lipinski definition) is 2. The van der Waals surface area contributed by atoms with Crippen LogP contribution in [-0.4, -0.2) is 56.0 Å². The van der Waals surface area contributed by atoms with Crippen LogP contribution in [-0.2, 0) is 10.5 Å². The summed E-state index contributed by atoms with van der Waals surface area (Å²) in [5.74, 6) is -0.0752. The Morgan fingerprint density at radius 2 is 1.77 bits per heavy atom. The molecule has 1 aliphatic carbocycles. The van der Waals surface area contributed by atoms with E-state index >= 15 is 0 Å². The number of fused-ring (bicyclic) bond motifs is 3. The van der Waals surface area contributed by atoms with E-state index in [9.17, 15) is 13.9 Å². The molecule has 2 N–H and O–H groups in total. The molecule has 30 heavy (non-hydrogen) atoms. The molecule has 2 fully saturated rings. The van der Waals surface area contributed by atoms with Crippen molar-refractivity contribution in [1.82, 2.24) is 14.7 Å². The van der Waals surface area contributed by atoms with Gasteiger partial charge >= 0.3 is 0 Å². The van der Waals surface area contributed by atoms with E-state index in [0.717, 1.165) is 36.9 Å². The number of benzene rings is 1. The Bertz CT molecular complexity index is 944. The minimum atomic E-state index is -3.02. The molecule has 0 radical (unpaired) electrons. The second kappa shape index (κ2) is 8.00. The molecule has 5 rings (SSSR count). The van der Waals surface area contributed by atoms with Crippen LogP contribution in [0.25, 0.3) is 11.3 Å². The second-order valence-electron chi connectivity index (χ2n) is 8.48. The summed E-state index contributed by atoms with van der Waals surface area (Å²) in [6, 6.07) is 7.71. The lowest BCUT2D eigenvalue weighted by Crippen LogP contribution is -2.41. The van der Waals surface area contributed by atoms with Crippen LogP contribution in [0.2, 0.25) is 0 Å². The first-order valence-corrected chi connectivity index (χ1v) is 12.6. The summed E-state index contributed by atoms with van der Waals surface area (Å²) in [6.45, 7) is 2.12. The van der Waals surface area contributed by atoms with Crippen molar-refractivity contribution in [2.45, 2.75) is 55.2 Å². The Hall–Kier alpha value is -1.87. The minimum absolute atomic E-state index is 0.0531. The van der Waals surface area contributed by atoms with Gasteiger partial charge in [-0.15, -0.1) is 0 Å². The van der Waals surface area contributed by atoms with Crippen LogP contribution < -0.4 is 0 Å². The Labute approximate surface area is 178 Å². The van der Waals surface area contributed by atoms with Crippen molar-refractivity contribution in [2.24, 2.45) is 0 Å². The van der Waals surface area contributed by atoms with Crippen molar-refractivity contribution in [1.29, 1.82) is 0 Å². The fourth-order valence-corrected chi connectivity index (χ4v) is 6.62. The molecule has 0 atom stereocenters. The van der Waals surface area contributed by atoms with Gasteiger partial charge in [-0.2, -0.15) is 15.7 Å². The van der Waals surface area contributed by atoms with Crippen LogP contribution in [0.4, 0.5) is 0 Å². The van der Waals surface area contributed by atoms with Gasteiger partial charge in [-0.3, -0.25) is 18.6 Å². The number of carbonyl (C=O) groups excluding carboxylic acids is 1. The molecule has 1 amide bonds. The summed E-state index contributed by atoms with van der Waals surface area (Å²) >= 11 is 0. The first kappa shape index (κ1) is 20.1. The van der Waals surface area contributed by atoms with E-state index in [1.54, 1.807) is 11.0 Å². The van der Waals surface area contributed by atoms with E-state index in [1.165, 1.54) is 12.8 Å². The molecule has 0 bridgehead atoms. The number of ether oxygens (including phenoxy) is 1. The minimum Gasteiger partial charge on any atom is -0.378 e. The van der Waals surface area contributed by atoms with Crippen LogP contribution in [0.3, 0.4) is 0 Å². The third kappa shape index (κ3) is 3.45. The van der Waals surface area contributed by atoms with E-state index < -0.39 is 10.6 Å².